The molecule has 1 unspecified atom stereocenters. The van der Waals surface area contributed by atoms with Gasteiger partial charge in [0.1, 0.15) is 11.5 Å². The maximum atomic E-state index is 12.8. The van der Waals surface area contributed by atoms with Gasteiger partial charge in [0, 0.05) is 17.9 Å². The van der Waals surface area contributed by atoms with Crippen molar-refractivity contribution in [1.29, 1.82) is 0 Å². The minimum Gasteiger partial charge on any atom is -0.495 e. The number of carbonyl (C=O) groups excluding carboxylic acids is 2. The molecule has 8 nitrogen and oxygen atoms in total. The van der Waals surface area contributed by atoms with E-state index in [-0.39, 0.29) is 31.4 Å². The first kappa shape index (κ1) is 27.3. The number of amides is 2. The standard InChI is InChI=1S/C26H27Cl2N3O5/c1-35-23-10-8-18(12-20(23)27)29-25(33)15-31(14-22(32)17-6-4-3-5-7-17)16-26(34)30-19-9-11-24(36-2)21(28)13-19/h3-13,22,32H,14-16H2,1-2H3,(H,29,33)(H,30,34). The molecule has 0 saturated carbocycles. The zero-order chi connectivity index (χ0) is 26.1. The van der Waals surface area contributed by atoms with Crippen LogP contribution in [-0.4, -0.2) is 55.7 Å². The van der Waals surface area contributed by atoms with Gasteiger partial charge in [0.25, 0.3) is 0 Å². The molecular weight excluding hydrogens is 505 g/mol. The lowest BCUT2D eigenvalue weighted by Crippen LogP contribution is -2.41. The summed E-state index contributed by atoms with van der Waals surface area (Å²) in [6, 6.07) is 18.8. The smallest absolute Gasteiger partial charge is 0.238 e. The maximum absolute atomic E-state index is 12.8. The van der Waals surface area contributed by atoms with Gasteiger partial charge in [0.15, 0.2) is 0 Å². The Morgan fingerprint density at radius 2 is 1.31 bits per heavy atom. The Hall–Kier alpha value is -3.30. The van der Waals surface area contributed by atoms with Crippen molar-refractivity contribution in [2.24, 2.45) is 0 Å². The molecule has 0 fully saturated rings. The molecule has 0 aliphatic heterocycles. The van der Waals surface area contributed by atoms with E-state index in [0.29, 0.717) is 38.5 Å². The number of anilines is 2. The Morgan fingerprint density at radius 3 is 1.72 bits per heavy atom. The third-order valence-corrected chi connectivity index (χ3v) is 5.81. The van der Waals surface area contributed by atoms with Gasteiger partial charge in [-0.1, -0.05) is 53.5 Å². The largest absolute Gasteiger partial charge is 0.495 e. The first-order valence-electron chi connectivity index (χ1n) is 11.0. The molecule has 1 atom stereocenters. The van der Waals surface area contributed by atoms with Gasteiger partial charge >= 0.3 is 0 Å². The Kier molecular flexibility index (Phi) is 9.95. The van der Waals surface area contributed by atoms with Crippen LogP contribution in [0.2, 0.25) is 10.0 Å². The average molecular weight is 532 g/mol. The van der Waals surface area contributed by atoms with Crippen LogP contribution in [0.1, 0.15) is 11.7 Å². The number of ether oxygens (including phenoxy) is 2. The van der Waals surface area contributed by atoms with Gasteiger partial charge in [-0.05, 0) is 42.0 Å². The Morgan fingerprint density at radius 1 is 0.833 bits per heavy atom. The molecule has 10 heteroatoms. The topological polar surface area (TPSA) is 100 Å². The van der Waals surface area contributed by atoms with Crippen LogP contribution in [0.15, 0.2) is 66.7 Å². The summed E-state index contributed by atoms with van der Waals surface area (Å²) in [4.78, 5) is 27.1. The Labute approximate surface area is 219 Å². The maximum Gasteiger partial charge on any atom is 0.238 e. The molecule has 0 aromatic heterocycles. The van der Waals surface area contributed by atoms with Gasteiger partial charge < -0.3 is 25.2 Å². The second-order valence-electron chi connectivity index (χ2n) is 7.89. The fourth-order valence-corrected chi connectivity index (χ4v) is 4.02. The van der Waals surface area contributed by atoms with Crippen LogP contribution in [-0.2, 0) is 9.59 Å². The van der Waals surface area contributed by atoms with E-state index in [0.717, 1.165) is 0 Å². The fourth-order valence-electron chi connectivity index (χ4n) is 3.51. The van der Waals surface area contributed by atoms with Crippen LogP contribution in [0.5, 0.6) is 11.5 Å². The normalized spacial score (nSPS) is 11.6. The summed E-state index contributed by atoms with van der Waals surface area (Å²) in [5.41, 5.74) is 1.63. The summed E-state index contributed by atoms with van der Waals surface area (Å²) >= 11 is 12.3. The van der Waals surface area contributed by atoms with Crippen molar-refractivity contribution in [3.05, 3.63) is 82.3 Å². The zero-order valence-corrected chi connectivity index (χ0v) is 21.3. The van der Waals surface area contributed by atoms with Crippen molar-refractivity contribution in [3.8, 4) is 11.5 Å². The zero-order valence-electron chi connectivity index (χ0n) is 19.8. The number of nitrogens with zero attached hydrogens (tertiary/aromatic N) is 1. The van der Waals surface area contributed by atoms with Gasteiger partial charge in [0.05, 0.1) is 43.5 Å². The summed E-state index contributed by atoms with van der Waals surface area (Å²) < 4.78 is 10.3. The predicted molar refractivity (Wildman–Crippen MR) is 141 cm³/mol. The fraction of sp³-hybridized carbons (Fsp3) is 0.231. The number of hydrogen-bond acceptors (Lipinski definition) is 6. The highest BCUT2D eigenvalue weighted by atomic mass is 35.5. The highest BCUT2D eigenvalue weighted by Gasteiger charge is 2.20. The van der Waals surface area contributed by atoms with Crippen LogP contribution in [0.3, 0.4) is 0 Å². The molecule has 0 bridgehead atoms. The van der Waals surface area contributed by atoms with Gasteiger partial charge in [-0.2, -0.15) is 0 Å². The third kappa shape index (κ3) is 7.86. The Balaban J connectivity index is 1.70. The monoisotopic (exact) mass is 531 g/mol. The molecule has 0 spiro atoms. The molecule has 0 heterocycles. The highest BCUT2D eigenvalue weighted by molar-refractivity contribution is 6.32. The number of carbonyl (C=O) groups is 2. The molecule has 0 aliphatic carbocycles. The molecule has 3 aromatic rings. The van der Waals surface area contributed by atoms with Gasteiger partial charge in [-0.3, -0.25) is 14.5 Å². The van der Waals surface area contributed by atoms with E-state index >= 15 is 0 Å². The molecular formula is C26H27Cl2N3O5. The molecule has 3 N–H and O–H groups in total. The molecule has 0 radical (unpaired) electrons. The number of methoxy groups -OCH3 is 2. The van der Waals surface area contributed by atoms with E-state index < -0.39 is 6.10 Å². The minimum absolute atomic E-state index is 0.0532. The van der Waals surface area contributed by atoms with E-state index in [9.17, 15) is 14.7 Å². The summed E-state index contributed by atoms with van der Waals surface area (Å²) in [7, 11) is 3.00. The quantitative estimate of drug-likeness (QED) is 0.333. The third-order valence-electron chi connectivity index (χ3n) is 5.22. The summed E-state index contributed by atoms with van der Waals surface area (Å²) in [5, 5.41) is 16.9. The number of aliphatic hydroxyl groups excluding tert-OH is 1. The first-order valence-corrected chi connectivity index (χ1v) is 11.8. The van der Waals surface area contributed by atoms with E-state index in [2.05, 4.69) is 10.6 Å². The second kappa shape index (κ2) is 13.1. The molecule has 36 heavy (non-hydrogen) atoms. The molecule has 3 aromatic carbocycles. The SMILES string of the molecule is COc1ccc(NC(=O)CN(CC(=O)Nc2ccc(OC)c(Cl)c2)CC(O)c2ccccc2)cc1Cl. The molecule has 2 amide bonds. The summed E-state index contributed by atoms with van der Waals surface area (Å²) in [6.45, 7) is -0.244. The number of nitrogens with one attached hydrogen (secondary N) is 2. The second-order valence-corrected chi connectivity index (χ2v) is 8.71. The van der Waals surface area contributed by atoms with Crippen molar-refractivity contribution in [2.45, 2.75) is 6.10 Å². The number of benzene rings is 3. The number of rotatable bonds is 11. The molecule has 0 aliphatic rings. The van der Waals surface area contributed by atoms with Gasteiger partial charge in [0.2, 0.25) is 11.8 Å². The lowest BCUT2D eigenvalue weighted by molar-refractivity contribution is -0.120. The average Bonchev–Trinajstić information content (AvgIpc) is 2.84. The molecule has 190 valence electrons. The highest BCUT2D eigenvalue weighted by Crippen LogP contribution is 2.28. The van der Waals surface area contributed by atoms with E-state index in [4.69, 9.17) is 32.7 Å². The molecule has 3 rings (SSSR count). The van der Waals surface area contributed by atoms with Crippen LogP contribution >= 0.6 is 23.2 Å². The van der Waals surface area contributed by atoms with Crippen LogP contribution in [0.4, 0.5) is 11.4 Å². The van der Waals surface area contributed by atoms with Crippen molar-refractivity contribution in [2.75, 3.05) is 44.5 Å². The predicted octanol–water partition coefficient (Wildman–Crippen LogP) is 4.62. The van der Waals surface area contributed by atoms with Crippen molar-refractivity contribution < 1.29 is 24.2 Å². The van der Waals surface area contributed by atoms with E-state index in [1.807, 2.05) is 18.2 Å². The van der Waals surface area contributed by atoms with Crippen molar-refractivity contribution >= 4 is 46.4 Å². The Bertz CT molecular complexity index is 1120. The van der Waals surface area contributed by atoms with Crippen LogP contribution in [0, 0.1) is 0 Å². The van der Waals surface area contributed by atoms with Gasteiger partial charge in [-0.15, -0.1) is 0 Å². The molecule has 0 saturated heterocycles. The van der Waals surface area contributed by atoms with Crippen LogP contribution in [0.25, 0.3) is 0 Å². The lowest BCUT2D eigenvalue weighted by atomic mass is 10.1. The number of halogens is 2. The van der Waals surface area contributed by atoms with Crippen molar-refractivity contribution in [3.63, 3.8) is 0 Å². The van der Waals surface area contributed by atoms with Crippen molar-refractivity contribution in [1.82, 2.24) is 4.90 Å². The first-order chi connectivity index (χ1) is 17.3. The number of aliphatic hydroxyl groups is 1. The lowest BCUT2D eigenvalue weighted by Gasteiger charge is -2.24. The van der Waals surface area contributed by atoms with E-state index in [1.165, 1.54) is 14.2 Å². The summed E-state index contributed by atoms with van der Waals surface area (Å²) in [6.07, 6.45) is -0.905. The number of hydrogen-bond donors (Lipinski definition) is 3. The van der Waals surface area contributed by atoms with E-state index in [1.54, 1.807) is 53.4 Å². The summed E-state index contributed by atoms with van der Waals surface area (Å²) in [5.74, 6) is 0.212. The van der Waals surface area contributed by atoms with Gasteiger partial charge in [-0.25, -0.2) is 0 Å². The minimum atomic E-state index is -0.905. The van der Waals surface area contributed by atoms with Crippen LogP contribution < -0.4 is 20.1 Å².